The van der Waals surface area contributed by atoms with Gasteiger partial charge in [-0.05, 0) is 30.7 Å². The summed E-state index contributed by atoms with van der Waals surface area (Å²) in [5.74, 6) is -22.3. The van der Waals surface area contributed by atoms with Crippen molar-refractivity contribution in [2.75, 3.05) is 23.8 Å². The molecule has 24 nitrogen and oxygen atoms in total. The molecule has 3 aliphatic rings. The Kier molecular flexibility index (Phi) is 14.8. The van der Waals surface area contributed by atoms with Crippen LogP contribution in [0.1, 0.15) is 29.6 Å². The Labute approximate surface area is 380 Å². The first-order chi connectivity index (χ1) is 30.1. The van der Waals surface area contributed by atoms with E-state index in [-0.39, 0.29) is 12.1 Å². The topological polar surface area (TPSA) is 406 Å². The Morgan fingerprint density at radius 2 is 1.36 bits per heavy atom. The van der Waals surface area contributed by atoms with Crippen LogP contribution in [0.3, 0.4) is 0 Å². The highest BCUT2D eigenvalue weighted by atomic mass is 35.5. The van der Waals surface area contributed by atoms with Gasteiger partial charge in [-0.1, -0.05) is 23.2 Å². The number of halogens is 4. The molecule has 1 aliphatic carbocycles. The smallest absolute Gasteiger partial charge is 0.337 e. The fourth-order valence-corrected chi connectivity index (χ4v) is 12.2. The summed E-state index contributed by atoms with van der Waals surface area (Å²) >= 11 is 12.6. The second-order valence-corrected chi connectivity index (χ2v) is 22.8. The van der Waals surface area contributed by atoms with Crippen molar-refractivity contribution >= 4 is 108 Å². The van der Waals surface area contributed by atoms with Crippen LogP contribution in [-0.2, 0) is 64.8 Å². The van der Waals surface area contributed by atoms with Crippen molar-refractivity contribution in [3.8, 4) is 28.2 Å². The number of nitrogens with one attached hydrogen (secondary N) is 3. The van der Waals surface area contributed by atoms with Gasteiger partial charge in [0.1, 0.15) is 11.8 Å². The minimum absolute atomic E-state index is 0.180. The van der Waals surface area contributed by atoms with E-state index in [0.29, 0.717) is 0 Å². The zero-order valence-electron chi connectivity index (χ0n) is 32.3. The molecule has 66 heavy (non-hydrogen) atoms. The highest BCUT2D eigenvalue weighted by Gasteiger charge is 2.41. The fraction of sp³-hybridized carbons (Fsp3) is 0.303. The third kappa shape index (κ3) is 11.5. The van der Waals surface area contributed by atoms with Crippen LogP contribution < -0.4 is 20.2 Å². The average Bonchev–Trinajstić information content (AvgIpc) is 3.14. The van der Waals surface area contributed by atoms with Gasteiger partial charge >= 0.3 is 5.97 Å². The van der Waals surface area contributed by atoms with Crippen LogP contribution in [0.2, 0.25) is 10.0 Å². The monoisotopic (exact) mass is 1070 g/mol. The summed E-state index contributed by atoms with van der Waals surface area (Å²) in [6, 6.07) is -3.04. The number of phenolic OH excluding ortho intramolecular Hbond substituents is 1. The molecule has 2 aliphatic heterocycles. The molecule has 5 rings (SSSR count). The normalized spacial score (nSPS) is 20.4. The molecule has 0 radical (unpaired) electrons. The van der Waals surface area contributed by atoms with Gasteiger partial charge in [-0.25, -0.2) is 35.1 Å². The first-order valence-corrected chi connectivity index (χ1v) is 26.3. The number of amides is 1. The van der Waals surface area contributed by atoms with Crippen molar-refractivity contribution in [2.24, 2.45) is 5.92 Å². The summed E-state index contributed by atoms with van der Waals surface area (Å²) in [5, 5.41) is 20.6. The van der Waals surface area contributed by atoms with Crippen LogP contribution in [0.15, 0.2) is 43.3 Å². The van der Waals surface area contributed by atoms with Crippen molar-refractivity contribution in [3.63, 3.8) is 0 Å². The number of rotatable bonds is 8. The minimum Gasteiger partial charge on any atom is -0.504 e. The molecule has 0 saturated carbocycles. The second-order valence-electron chi connectivity index (χ2n) is 14.2. The second kappa shape index (κ2) is 18.7. The van der Waals surface area contributed by atoms with Crippen molar-refractivity contribution in [3.05, 3.63) is 61.7 Å². The van der Waals surface area contributed by atoms with E-state index in [2.05, 4.69) is 0 Å². The summed E-state index contributed by atoms with van der Waals surface area (Å²) in [4.78, 5) is 63.0. The Morgan fingerprint density at radius 1 is 0.788 bits per heavy atom. The lowest BCUT2D eigenvalue weighted by molar-refractivity contribution is -0.131. The molecule has 1 amide bonds. The van der Waals surface area contributed by atoms with Crippen LogP contribution in [0.25, 0.3) is 33.4 Å². The number of carbonyl (C=O) groups is 4. The molecule has 2 aromatic carbocycles. The van der Waals surface area contributed by atoms with Crippen LogP contribution in [0.5, 0.6) is 5.75 Å². The number of aromatic carboxylic acids is 1. The molecule has 8 N–H and O–H groups in total. The van der Waals surface area contributed by atoms with Crippen LogP contribution in [0, 0.1) is 17.6 Å². The largest absolute Gasteiger partial charge is 0.504 e. The third-order valence-corrected chi connectivity index (χ3v) is 15.4. The average molecular weight is 1070 g/mol. The standard InChI is InChI=1S/C33H29Cl2F2N3O21S5/c34-15-3-4-16(35)25(33(46)47)24(15)23-13-7-17(36)26(43)30-28(13)61-29-14(23)8-18(37)27(44)31(29)66(59,60)40-20(11-64(54,55)56)22(42)6-12(9-62(48,49)50)32(45)39-19(10-63(51,52)53)21(41)2-1-5-38-65(30,57)58/h3-4,7-8,12,19-20,38,40,43H,1-2,5-6,9-11H2,(H,39,45)(H,46,47)(H,48,49,50)(H,51,52,53)(H,54,55,56). The molecule has 0 saturated heterocycles. The number of benzene rings is 3. The lowest BCUT2D eigenvalue weighted by atomic mass is 9.90. The Morgan fingerprint density at radius 3 is 1.94 bits per heavy atom. The Hall–Kier alpha value is -4.80. The zero-order chi connectivity index (χ0) is 49.8. The van der Waals surface area contributed by atoms with Crippen LogP contribution >= 0.6 is 23.2 Å². The number of carboxylic acids is 1. The summed E-state index contributed by atoms with van der Waals surface area (Å²) in [7, 11) is -27.9. The van der Waals surface area contributed by atoms with Crippen molar-refractivity contribution in [1.82, 2.24) is 14.8 Å². The van der Waals surface area contributed by atoms with E-state index in [9.17, 15) is 89.9 Å². The van der Waals surface area contributed by atoms with E-state index >= 15 is 8.78 Å². The number of phenols is 1. The minimum atomic E-state index is -6.16. The summed E-state index contributed by atoms with van der Waals surface area (Å²) in [5.41, 5.74) is -7.53. The molecule has 2 aromatic rings. The first-order valence-electron chi connectivity index (χ1n) is 17.7. The lowest BCUT2D eigenvalue weighted by Gasteiger charge is -2.24. The quantitative estimate of drug-likeness (QED) is 0.0883. The molecule has 3 unspecified atom stereocenters. The molecular weight excluding hydrogens is 1040 g/mol. The maximum absolute atomic E-state index is 15.9. The van der Waals surface area contributed by atoms with E-state index < -0.39 is 217 Å². The van der Waals surface area contributed by atoms with Gasteiger partial charge in [0, 0.05) is 46.5 Å². The van der Waals surface area contributed by atoms with Crippen molar-refractivity contribution in [1.29, 1.82) is 0 Å². The molecule has 33 heteroatoms. The molecule has 3 atom stereocenters. The van der Waals surface area contributed by atoms with E-state index in [1.54, 1.807) is 5.32 Å². The van der Waals surface area contributed by atoms with Gasteiger partial charge in [0.05, 0.1) is 34.1 Å². The molecule has 0 fully saturated rings. The van der Waals surface area contributed by atoms with Crippen molar-refractivity contribution < 1.29 is 98.3 Å². The predicted molar refractivity (Wildman–Crippen MR) is 221 cm³/mol. The van der Waals surface area contributed by atoms with Gasteiger partial charge in [-0.3, -0.25) is 32.8 Å². The summed E-state index contributed by atoms with van der Waals surface area (Å²) in [6.07, 6.45) is -3.33. The SMILES string of the molecule is O=C(O)c1c(Cl)ccc(Cl)c1-c1c2cc(F)c(=O)c3c-2oc2c(c(O)c(F)cc12)S(=O)(=O)NCCCC(=O)C(CS(=O)(=O)O)NC(=O)C(CS(=O)(=O)O)CC(=O)C(CS(=O)(=O)O)NS3(=O)=O. The summed E-state index contributed by atoms with van der Waals surface area (Å²) < 4.78 is 198. The van der Waals surface area contributed by atoms with Gasteiger partial charge in [0.2, 0.25) is 31.4 Å². The van der Waals surface area contributed by atoms with Gasteiger partial charge in [-0.15, -0.1) is 0 Å². The maximum Gasteiger partial charge on any atom is 0.337 e. The zero-order valence-corrected chi connectivity index (χ0v) is 37.9. The lowest BCUT2D eigenvalue weighted by Crippen LogP contribution is -2.51. The maximum atomic E-state index is 15.9. The number of Topliss-reactive ketones (excluding diaryl/α,β-unsaturated/α-hetero) is 2. The number of carboxylic acid groups (broad SMARTS) is 1. The molecule has 0 aromatic heterocycles. The van der Waals surface area contributed by atoms with Crippen molar-refractivity contribution in [2.45, 2.75) is 41.1 Å². The van der Waals surface area contributed by atoms with Gasteiger partial charge < -0.3 is 19.9 Å². The number of hydrogen-bond acceptors (Lipinski definition) is 17. The first kappa shape index (κ1) is 52.2. The van der Waals surface area contributed by atoms with Gasteiger partial charge in [0.15, 0.2) is 50.1 Å². The molecule has 2 bridgehead atoms. The van der Waals surface area contributed by atoms with Crippen LogP contribution in [0.4, 0.5) is 8.78 Å². The van der Waals surface area contributed by atoms with E-state index in [4.69, 9.17) is 27.6 Å². The highest BCUT2D eigenvalue weighted by Crippen LogP contribution is 2.49. The molecule has 2 heterocycles. The Balaban J connectivity index is 1.96. The molecule has 360 valence electrons. The number of hydrogen-bond donors (Lipinski definition) is 8. The number of aromatic hydroxyl groups is 1. The van der Waals surface area contributed by atoms with Crippen LogP contribution in [-0.4, -0.2) is 125 Å². The molecular formula is C33H29Cl2F2N3O21S5. The van der Waals surface area contributed by atoms with E-state index in [0.717, 1.165) is 12.1 Å². The predicted octanol–water partition coefficient (Wildman–Crippen LogP) is 0.565. The highest BCUT2D eigenvalue weighted by molar-refractivity contribution is 7.90. The number of sulfonamides is 2. The van der Waals surface area contributed by atoms with Gasteiger partial charge in [-0.2, -0.15) is 30.0 Å². The fourth-order valence-electron chi connectivity index (χ4n) is 6.73. The Bertz CT molecular complexity index is 3370. The number of carbonyl (C=O) groups excluding carboxylic acids is 3. The molecule has 0 spiro atoms. The third-order valence-electron chi connectivity index (χ3n) is 9.42. The summed E-state index contributed by atoms with van der Waals surface area (Å²) in [6.45, 7) is -0.934. The van der Waals surface area contributed by atoms with E-state index in [1.165, 1.54) is 4.72 Å². The number of ketones is 2. The van der Waals surface area contributed by atoms with Gasteiger partial charge in [0.25, 0.3) is 30.4 Å². The van der Waals surface area contributed by atoms with E-state index in [1.807, 2.05) is 4.72 Å².